The average molecular weight is 462 g/mol. The van der Waals surface area contributed by atoms with Crippen LogP contribution in [0.25, 0.3) is 0 Å². The molecule has 8 heteroatoms. The summed E-state index contributed by atoms with van der Waals surface area (Å²) in [6.45, 7) is 5.85. The van der Waals surface area contributed by atoms with Crippen LogP contribution in [0.15, 0.2) is 48.5 Å². The van der Waals surface area contributed by atoms with Crippen LogP contribution in [0.4, 0.5) is 0 Å². The molecule has 6 nitrogen and oxygen atoms in total. The molecule has 0 saturated carbocycles. The highest BCUT2D eigenvalue weighted by Gasteiger charge is 2.23. The van der Waals surface area contributed by atoms with Gasteiger partial charge in [-0.3, -0.25) is 9.69 Å². The van der Waals surface area contributed by atoms with Crippen LogP contribution in [0.1, 0.15) is 27.0 Å². The van der Waals surface area contributed by atoms with Crippen LogP contribution in [0.2, 0.25) is 0 Å². The first-order valence-electron chi connectivity index (χ1n) is 10.5. The third-order valence-electron chi connectivity index (χ3n) is 5.32. The maximum Gasteiger partial charge on any atom is 0.251 e. The van der Waals surface area contributed by atoms with Crippen molar-refractivity contribution in [1.29, 1.82) is 0 Å². The van der Waals surface area contributed by atoms with E-state index in [1.165, 1.54) is 21.7 Å². The summed E-state index contributed by atoms with van der Waals surface area (Å²) in [5, 5.41) is 3.00. The number of nitrogens with zero attached hydrogens (tertiary/aromatic N) is 2. The Labute approximate surface area is 190 Å². The Morgan fingerprint density at radius 1 is 1.03 bits per heavy atom. The third kappa shape index (κ3) is 7.64. The van der Waals surface area contributed by atoms with Gasteiger partial charge in [0, 0.05) is 56.3 Å². The Morgan fingerprint density at radius 3 is 2.42 bits per heavy atom. The fourth-order valence-electron chi connectivity index (χ4n) is 3.50. The lowest BCUT2D eigenvalue weighted by molar-refractivity contribution is 0.0956. The van der Waals surface area contributed by atoms with Gasteiger partial charge < -0.3 is 5.32 Å². The van der Waals surface area contributed by atoms with Crippen molar-refractivity contribution < 1.29 is 13.2 Å². The highest BCUT2D eigenvalue weighted by atomic mass is 32.2. The number of hydrogen-bond donors (Lipinski definition) is 1. The van der Waals surface area contributed by atoms with Crippen LogP contribution < -0.4 is 5.32 Å². The van der Waals surface area contributed by atoms with Gasteiger partial charge in [0.15, 0.2) is 0 Å². The molecule has 0 bridgehead atoms. The topological polar surface area (TPSA) is 69.7 Å². The minimum Gasteiger partial charge on any atom is -0.351 e. The minimum absolute atomic E-state index is 0.0559. The van der Waals surface area contributed by atoms with Crippen LogP contribution in [0, 0.1) is 6.92 Å². The fourth-order valence-corrected chi connectivity index (χ4v) is 5.15. The fraction of sp³-hybridized carbons (Fsp3) is 0.435. The van der Waals surface area contributed by atoms with Gasteiger partial charge in [0.1, 0.15) is 0 Å². The van der Waals surface area contributed by atoms with Gasteiger partial charge in [-0.05, 0) is 30.2 Å². The van der Waals surface area contributed by atoms with Crippen molar-refractivity contribution >= 4 is 27.7 Å². The van der Waals surface area contributed by atoms with Crippen LogP contribution in [-0.2, 0) is 22.3 Å². The summed E-state index contributed by atoms with van der Waals surface area (Å²) in [5.74, 6) is 1.75. The molecule has 0 aromatic heterocycles. The number of hydrogen-bond acceptors (Lipinski definition) is 5. The molecule has 3 rings (SSSR count). The zero-order valence-corrected chi connectivity index (χ0v) is 19.8. The lowest BCUT2D eigenvalue weighted by Gasteiger charge is -2.33. The molecule has 168 valence electrons. The molecule has 1 N–H and O–H groups in total. The number of thioether (sulfide) groups is 1. The van der Waals surface area contributed by atoms with E-state index in [0.29, 0.717) is 44.8 Å². The van der Waals surface area contributed by atoms with Crippen molar-refractivity contribution in [3.8, 4) is 0 Å². The molecule has 1 amide bonds. The smallest absolute Gasteiger partial charge is 0.251 e. The van der Waals surface area contributed by atoms with Crippen molar-refractivity contribution in [1.82, 2.24) is 14.5 Å². The molecule has 0 radical (unpaired) electrons. The summed E-state index contributed by atoms with van der Waals surface area (Å²) in [6.07, 6.45) is 1.26. The van der Waals surface area contributed by atoms with Gasteiger partial charge in [0.25, 0.3) is 5.91 Å². The van der Waals surface area contributed by atoms with Crippen LogP contribution in [0.3, 0.4) is 0 Å². The second-order valence-corrected chi connectivity index (χ2v) is 11.0. The van der Waals surface area contributed by atoms with Gasteiger partial charge in [-0.2, -0.15) is 16.1 Å². The molecule has 31 heavy (non-hydrogen) atoms. The SMILES string of the molecule is Cc1ccc(CSCCNC(=O)c2cccc(CN3CCN(S(C)(=O)=O)CC3)c2)cc1. The molecule has 0 spiro atoms. The maximum absolute atomic E-state index is 12.5. The molecular weight excluding hydrogens is 430 g/mol. The van der Waals surface area contributed by atoms with Crippen molar-refractivity contribution in [3.63, 3.8) is 0 Å². The number of carbonyl (C=O) groups excluding carboxylic acids is 1. The molecule has 0 aliphatic carbocycles. The number of carbonyl (C=O) groups is 1. The van der Waals surface area contributed by atoms with Gasteiger partial charge in [-0.15, -0.1) is 0 Å². The first-order valence-corrected chi connectivity index (χ1v) is 13.5. The molecule has 0 unspecified atom stereocenters. The molecule has 1 aliphatic rings. The number of amides is 1. The summed E-state index contributed by atoms with van der Waals surface area (Å²) in [4.78, 5) is 14.7. The minimum atomic E-state index is -3.12. The van der Waals surface area contributed by atoms with Crippen molar-refractivity contribution in [2.75, 3.05) is 44.7 Å². The second-order valence-electron chi connectivity index (χ2n) is 7.93. The molecular formula is C23H31N3O3S2. The molecule has 1 heterocycles. The van der Waals surface area contributed by atoms with Gasteiger partial charge in [0.2, 0.25) is 10.0 Å². The Morgan fingerprint density at radius 2 is 1.74 bits per heavy atom. The van der Waals surface area contributed by atoms with E-state index in [2.05, 4.69) is 41.4 Å². The van der Waals surface area contributed by atoms with Gasteiger partial charge in [0.05, 0.1) is 6.26 Å². The van der Waals surface area contributed by atoms with Gasteiger partial charge in [-0.25, -0.2) is 8.42 Å². The second kappa shape index (κ2) is 11.1. The van der Waals surface area contributed by atoms with Gasteiger partial charge in [-0.1, -0.05) is 42.0 Å². The molecule has 1 saturated heterocycles. The first-order chi connectivity index (χ1) is 14.8. The van der Waals surface area contributed by atoms with Gasteiger partial charge >= 0.3 is 0 Å². The first kappa shape index (κ1) is 23.8. The standard InChI is InChI=1S/C23H31N3O3S2/c1-19-6-8-20(9-7-19)18-30-15-10-24-23(27)22-5-3-4-21(16-22)17-25-11-13-26(14-12-25)31(2,28)29/h3-9,16H,10-15,17-18H2,1-2H3,(H,24,27). The molecule has 1 aliphatic heterocycles. The molecule has 1 fully saturated rings. The van der Waals surface area contributed by atoms with E-state index in [9.17, 15) is 13.2 Å². The van der Waals surface area contributed by atoms with E-state index in [1.807, 2.05) is 36.0 Å². The summed E-state index contributed by atoms with van der Waals surface area (Å²) < 4.78 is 24.8. The monoisotopic (exact) mass is 461 g/mol. The van der Waals surface area contributed by atoms with Crippen LogP contribution >= 0.6 is 11.8 Å². The summed E-state index contributed by atoms with van der Waals surface area (Å²) in [6, 6.07) is 16.2. The Balaban J connectivity index is 1.41. The third-order valence-corrected chi connectivity index (χ3v) is 7.65. The zero-order valence-electron chi connectivity index (χ0n) is 18.2. The van der Waals surface area contributed by atoms with Crippen molar-refractivity contribution in [2.24, 2.45) is 0 Å². The Bertz CT molecular complexity index is 970. The maximum atomic E-state index is 12.5. The van der Waals surface area contributed by atoms with E-state index in [0.717, 1.165) is 17.1 Å². The summed E-state index contributed by atoms with van der Waals surface area (Å²) >= 11 is 1.81. The predicted molar refractivity (Wildman–Crippen MR) is 128 cm³/mol. The van der Waals surface area contributed by atoms with E-state index >= 15 is 0 Å². The highest BCUT2D eigenvalue weighted by Crippen LogP contribution is 2.14. The lowest BCUT2D eigenvalue weighted by Crippen LogP contribution is -2.47. The van der Waals surface area contributed by atoms with Crippen molar-refractivity contribution in [3.05, 3.63) is 70.8 Å². The predicted octanol–water partition coefficient (Wildman–Crippen LogP) is 2.74. The largest absolute Gasteiger partial charge is 0.351 e. The van der Waals surface area contributed by atoms with Crippen LogP contribution in [-0.4, -0.2) is 68.3 Å². The quantitative estimate of drug-likeness (QED) is 0.582. The number of piperazine rings is 1. The Hall–Kier alpha value is -1.87. The number of aryl methyl sites for hydroxylation is 1. The molecule has 2 aromatic carbocycles. The number of rotatable bonds is 9. The van der Waals surface area contributed by atoms with E-state index < -0.39 is 10.0 Å². The molecule has 0 atom stereocenters. The normalized spacial score (nSPS) is 15.7. The summed E-state index contributed by atoms with van der Waals surface area (Å²) in [5.41, 5.74) is 4.29. The number of sulfonamides is 1. The van der Waals surface area contributed by atoms with E-state index in [4.69, 9.17) is 0 Å². The molecule has 2 aromatic rings. The Kier molecular flexibility index (Phi) is 8.54. The van der Waals surface area contributed by atoms with E-state index in [-0.39, 0.29) is 5.91 Å². The van der Waals surface area contributed by atoms with E-state index in [1.54, 1.807) is 0 Å². The number of benzene rings is 2. The zero-order chi connectivity index (χ0) is 22.3. The average Bonchev–Trinajstić information content (AvgIpc) is 2.74. The van der Waals surface area contributed by atoms with Crippen LogP contribution in [0.5, 0.6) is 0 Å². The summed E-state index contributed by atoms with van der Waals surface area (Å²) in [7, 11) is -3.12. The van der Waals surface area contributed by atoms with Crippen molar-refractivity contribution in [2.45, 2.75) is 19.2 Å². The number of nitrogens with one attached hydrogen (secondary N) is 1. The highest BCUT2D eigenvalue weighted by molar-refractivity contribution is 7.98. The lowest BCUT2D eigenvalue weighted by atomic mass is 10.1.